The zero-order valence-corrected chi connectivity index (χ0v) is 11.9. The van der Waals surface area contributed by atoms with Crippen LogP contribution in [0.4, 0.5) is 0 Å². The van der Waals surface area contributed by atoms with Crippen LogP contribution in [0.3, 0.4) is 0 Å². The van der Waals surface area contributed by atoms with Crippen molar-refractivity contribution < 1.29 is 19.3 Å². The van der Waals surface area contributed by atoms with Crippen molar-refractivity contribution in [2.24, 2.45) is 5.41 Å². The molecule has 0 spiro atoms. The first-order valence-electron chi connectivity index (χ1n) is 5.80. The second-order valence-corrected chi connectivity index (χ2v) is 4.69. The van der Waals surface area contributed by atoms with Crippen molar-refractivity contribution in [3.63, 3.8) is 0 Å². The third-order valence-electron chi connectivity index (χ3n) is 2.97. The second kappa shape index (κ2) is 5.81. The Bertz CT molecular complexity index is 466. The predicted octanol–water partition coefficient (Wildman–Crippen LogP) is 2.30. The van der Waals surface area contributed by atoms with E-state index in [0.717, 1.165) is 0 Å². The summed E-state index contributed by atoms with van der Waals surface area (Å²) in [6.45, 7) is 3.34. The van der Waals surface area contributed by atoms with Gasteiger partial charge in [-0.3, -0.25) is 0 Å². The summed E-state index contributed by atoms with van der Waals surface area (Å²) in [5, 5.41) is 19.4. The fraction of sp³-hybridized carbons (Fsp3) is 0.500. The molecule has 0 saturated carbocycles. The molecule has 0 bridgehead atoms. The van der Waals surface area contributed by atoms with Gasteiger partial charge in [-0.05, 0) is 31.5 Å². The largest absolute Gasteiger partial charge is 0.493 e. The van der Waals surface area contributed by atoms with Gasteiger partial charge in [-0.15, -0.1) is 0 Å². The van der Waals surface area contributed by atoms with Gasteiger partial charge in [-0.1, -0.05) is 0 Å². The molecule has 0 aliphatic heterocycles. The van der Waals surface area contributed by atoms with E-state index in [0.29, 0.717) is 22.8 Å². The number of hydrogen-bond donors (Lipinski definition) is 1. The van der Waals surface area contributed by atoms with Crippen LogP contribution in [0.2, 0.25) is 0 Å². The van der Waals surface area contributed by atoms with Crippen molar-refractivity contribution in [2.45, 2.75) is 20.0 Å². The van der Waals surface area contributed by atoms with Crippen LogP contribution in [-0.4, -0.2) is 26.4 Å². The highest BCUT2D eigenvalue weighted by atomic mass is 16.5. The molecule has 1 rings (SSSR count). The minimum Gasteiger partial charge on any atom is -0.493 e. The Kier molecular flexibility index (Phi) is 4.62. The summed E-state index contributed by atoms with van der Waals surface area (Å²) >= 11 is 0. The highest BCUT2D eigenvalue weighted by molar-refractivity contribution is 5.54. The Morgan fingerprint density at radius 2 is 1.58 bits per heavy atom. The number of ether oxygens (including phenoxy) is 3. The molecule has 0 heterocycles. The lowest BCUT2D eigenvalue weighted by atomic mass is 9.84. The highest BCUT2D eigenvalue weighted by Crippen LogP contribution is 2.42. The lowest BCUT2D eigenvalue weighted by Crippen LogP contribution is -2.20. The van der Waals surface area contributed by atoms with Crippen molar-refractivity contribution in [1.29, 1.82) is 5.26 Å². The van der Waals surface area contributed by atoms with Crippen LogP contribution in [0, 0.1) is 16.7 Å². The molecule has 1 atom stereocenters. The fourth-order valence-corrected chi connectivity index (χ4v) is 1.74. The number of nitrogens with zero attached hydrogens (tertiary/aromatic N) is 1. The quantitative estimate of drug-likeness (QED) is 0.884. The maximum absolute atomic E-state index is 10.3. The highest BCUT2D eigenvalue weighted by Gasteiger charge is 2.30. The minimum absolute atomic E-state index is 0.449. The van der Waals surface area contributed by atoms with Gasteiger partial charge < -0.3 is 19.3 Å². The zero-order valence-electron chi connectivity index (χ0n) is 11.9. The van der Waals surface area contributed by atoms with Gasteiger partial charge in [0.15, 0.2) is 11.5 Å². The van der Waals surface area contributed by atoms with Gasteiger partial charge in [0.05, 0.1) is 38.9 Å². The number of rotatable bonds is 5. The molecule has 0 fully saturated rings. The standard InChI is InChI=1S/C14H19NO4/c1-14(2,8-15)13(16)9-6-10(17-3)12(19-5)11(7-9)18-4/h6-7,13,16H,1-5H3. The van der Waals surface area contributed by atoms with E-state index in [1.165, 1.54) is 21.3 Å². The molecular formula is C14H19NO4. The number of hydrogen-bond acceptors (Lipinski definition) is 5. The third-order valence-corrected chi connectivity index (χ3v) is 2.97. The Balaban J connectivity index is 3.35. The molecule has 0 aliphatic carbocycles. The van der Waals surface area contributed by atoms with Crippen molar-refractivity contribution in [3.8, 4) is 23.3 Å². The molecule has 1 unspecified atom stereocenters. The minimum atomic E-state index is -0.953. The summed E-state index contributed by atoms with van der Waals surface area (Å²) < 4.78 is 15.6. The second-order valence-electron chi connectivity index (χ2n) is 4.69. The van der Waals surface area contributed by atoms with Crippen molar-refractivity contribution in [2.75, 3.05) is 21.3 Å². The van der Waals surface area contributed by atoms with Crippen LogP contribution < -0.4 is 14.2 Å². The average molecular weight is 265 g/mol. The molecule has 0 amide bonds. The van der Waals surface area contributed by atoms with Gasteiger partial charge in [0, 0.05) is 0 Å². The molecule has 1 aromatic carbocycles. The summed E-state index contributed by atoms with van der Waals surface area (Å²) in [4.78, 5) is 0. The Labute approximate surface area is 113 Å². The van der Waals surface area contributed by atoms with E-state index >= 15 is 0 Å². The number of benzene rings is 1. The number of nitriles is 1. The topological polar surface area (TPSA) is 71.7 Å². The summed E-state index contributed by atoms with van der Waals surface area (Å²) in [6, 6.07) is 5.37. The number of methoxy groups -OCH3 is 3. The molecule has 0 aromatic heterocycles. The lowest BCUT2D eigenvalue weighted by molar-refractivity contribution is 0.0862. The van der Waals surface area contributed by atoms with Crippen LogP contribution in [0.5, 0.6) is 17.2 Å². The molecule has 19 heavy (non-hydrogen) atoms. The fourth-order valence-electron chi connectivity index (χ4n) is 1.74. The van der Waals surface area contributed by atoms with Crippen LogP contribution in [0.1, 0.15) is 25.5 Å². The van der Waals surface area contributed by atoms with E-state index in [1.807, 2.05) is 0 Å². The summed E-state index contributed by atoms with van der Waals surface area (Å²) in [5.41, 5.74) is -0.369. The normalized spacial score (nSPS) is 12.5. The van der Waals surface area contributed by atoms with E-state index in [2.05, 4.69) is 6.07 Å². The smallest absolute Gasteiger partial charge is 0.203 e. The molecule has 1 N–H and O–H groups in total. The Hall–Kier alpha value is -1.93. The van der Waals surface area contributed by atoms with E-state index in [9.17, 15) is 5.11 Å². The third kappa shape index (κ3) is 2.91. The zero-order chi connectivity index (χ0) is 14.6. The summed E-state index contributed by atoms with van der Waals surface area (Å²) in [5.74, 6) is 1.35. The van der Waals surface area contributed by atoms with Crippen LogP contribution in [0.15, 0.2) is 12.1 Å². The summed E-state index contributed by atoms with van der Waals surface area (Å²) in [7, 11) is 4.52. The first-order chi connectivity index (χ1) is 8.91. The predicted molar refractivity (Wildman–Crippen MR) is 70.5 cm³/mol. The maximum Gasteiger partial charge on any atom is 0.203 e. The van der Waals surface area contributed by atoms with E-state index in [-0.39, 0.29) is 0 Å². The number of aliphatic hydroxyl groups is 1. The average Bonchev–Trinajstić information content (AvgIpc) is 2.44. The summed E-state index contributed by atoms with van der Waals surface area (Å²) in [6.07, 6.45) is -0.953. The molecule has 5 nitrogen and oxygen atoms in total. The Morgan fingerprint density at radius 1 is 1.11 bits per heavy atom. The van der Waals surface area contributed by atoms with E-state index in [4.69, 9.17) is 19.5 Å². The van der Waals surface area contributed by atoms with Crippen LogP contribution >= 0.6 is 0 Å². The van der Waals surface area contributed by atoms with Gasteiger partial charge in [0.25, 0.3) is 0 Å². The SMILES string of the molecule is COc1cc(C(O)C(C)(C)C#N)cc(OC)c1OC. The molecule has 5 heteroatoms. The van der Waals surface area contributed by atoms with Gasteiger partial charge in [0.2, 0.25) is 5.75 Å². The Morgan fingerprint density at radius 3 is 1.89 bits per heavy atom. The first-order valence-corrected chi connectivity index (χ1v) is 5.80. The first kappa shape index (κ1) is 15.1. The van der Waals surface area contributed by atoms with Gasteiger partial charge in [-0.2, -0.15) is 5.26 Å². The van der Waals surface area contributed by atoms with Crippen molar-refractivity contribution in [3.05, 3.63) is 17.7 Å². The van der Waals surface area contributed by atoms with E-state index < -0.39 is 11.5 Å². The van der Waals surface area contributed by atoms with Crippen molar-refractivity contribution >= 4 is 0 Å². The molecular weight excluding hydrogens is 246 g/mol. The van der Waals surface area contributed by atoms with Crippen molar-refractivity contribution in [1.82, 2.24) is 0 Å². The van der Waals surface area contributed by atoms with Crippen LogP contribution in [-0.2, 0) is 0 Å². The number of aliphatic hydroxyl groups excluding tert-OH is 1. The molecule has 0 aliphatic rings. The lowest BCUT2D eigenvalue weighted by Gasteiger charge is -2.24. The monoisotopic (exact) mass is 265 g/mol. The molecule has 0 saturated heterocycles. The van der Waals surface area contributed by atoms with E-state index in [1.54, 1.807) is 26.0 Å². The molecule has 1 aromatic rings. The van der Waals surface area contributed by atoms with Gasteiger partial charge >= 0.3 is 0 Å². The molecule has 104 valence electrons. The van der Waals surface area contributed by atoms with Crippen LogP contribution in [0.25, 0.3) is 0 Å². The van der Waals surface area contributed by atoms with Gasteiger partial charge in [0.1, 0.15) is 0 Å². The molecule has 0 radical (unpaired) electrons. The maximum atomic E-state index is 10.3. The van der Waals surface area contributed by atoms with Gasteiger partial charge in [-0.25, -0.2) is 0 Å².